The number of alkyl halides is 3. The van der Waals surface area contributed by atoms with Gasteiger partial charge in [0.15, 0.2) is 0 Å². The minimum atomic E-state index is -4.34. The molecule has 0 aromatic carbocycles. The van der Waals surface area contributed by atoms with Crippen LogP contribution in [-0.2, 0) is 9.53 Å². The van der Waals surface area contributed by atoms with Crippen LogP contribution in [0.5, 0.6) is 0 Å². The average molecular weight is 312 g/mol. The van der Waals surface area contributed by atoms with Crippen LogP contribution in [-0.4, -0.2) is 72.5 Å². The van der Waals surface area contributed by atoms with E-state index < -0.39 is 43.1 Å². The van der Waals surface area contributed by atoms with Gasteiger partial charge in [0.05, 0.1) is 25.7 Å². The summed E-state index contributed by atoms with van der Waals surface area (Å²) >= 11 is 0. The van der Waals surface area contributed by atoms with Gasteiger partial charge in [0, 0.05) is 20.1 Å². The zero-order chi connectivity index (χ0) is 16.2. The van der Waals surface area contributed by atoms with E-state index in [4.69, 9.17) is 9.84 Å². The van der Waals surface area contributed by atoms with Gasteiger partial charge in [-0.05, 0) is 6.92 Å². The molecule has 1 rings (SSSR count). The predicted octanol–water partition coefficient (Wildman–Crippen LogP) is 1.41. The lowest BCUT2D eigenvalue weighted by Crippen LogP contribution is -2.51. The maximum absolute atomic E-state index is 12.2. The summed E-state index contributed by atoms with van der Waals surface area (Å²) in [5.41, 5.74) is 0. The number of halogens is 3. The predicted molar refractivity (Wildman–Crippen MR) is 66.8 cm³/mol. The fourth-order valence-electron chi connectivity index (χ4n) is 2.21. The van der Waals surface area contributed by atoms with Crippen LogP contribution < -0.4 is 0 Å². The van der Waals surface area contributed by atoms with Gasteiger partial charge in [0.25, 0.3) is 0 Å². The quantitative estimate of drug-likeness (QED) is 0.833. The van der Waals surface area contributed by atoms with Gasteiger partial charge in [-0.15, -0.1) is 0 Å². The van der Waals surface area contributed by atoms with Crippen molar-refractivity contribution in [1.29, 1.82) is 0 Å². The summed E-state index contributed by atoms with van der Waals surface area (Å²) in [6.07, 6.45) is -5.44. The van der Waals surface area contributed by atoms with E-state index in [1.807, 2.05) is 0 Å². The van der Waals surface area contributed by atoms with Crippen molar-refractivity contribution in [1.82, 2.24) is 9.80 Å². The smallest absolute Gasteiger partial charge is 0.390 e. The van der Waals surface area contributed by atoms with Gasteiger partial charge >= 0.3 is 18.2 Å². The van der Waals surface area contributed by atoms with Crippen LogP contribution in [0, 0.1) is 5.92 Å². The summed E-state index contributed by atoms with van der Waals surface area (Å²) in [5, 5.41) is 9.08. The molecule has 1 fully saturated rings. The van der Waals surface area contributed by atoms with Crippen molar-refractivity contribution in [3.05, 3.63) is 0 Å². The number of carbonyl (C=O) groups excluding carboxylic acids is 1. The van der Waals surface area contributed by atoms with Crippen LogP contribution in [0.15, 0.2) is 0 Å². The van der Waals surface area contributed by atoms with Crippen molar-refractivity contribution in [3.63, 3.8) is 0 Å². The Morgan fingerprint density at radius 2 is 1.95 bits per heavy atom. The van der Waals surface area contributed by atoms with Gasteiger partial charge in [0.1, 0.15) is 5.92 Å². The zero-order valence-corrected chi connectivity index (χ0v) is 11.9. The fraction of sp³-hybridized carbons (Fsp3) is 0.833. The van der Waals surface area contributed by atoms with Crippen LogP contribution in [0.25, 0.3) is 0 Å². The first-order valence-corrected chi connectivity index (χ1v) is 6.56. The van der Waals surface area contributed by atoms with Crippen molar-refractivity contribution in [3.8, 4) is 0 Å². The molecule has 1 saturated heterocycles. The van der Waals surface area contributed by atoms with Crippen LogP contribution in [0.2, 0.25) is 0 Å². The van der Waals surface area contributed by atoms with Gasteiger partial charge in [-0.25, -0.2) is 4.79 Å². The highest BCUT2D eigenvalue weighted by Gasteiger charge is 2.40. The third-order valence-electron chi connectivity index (χ3n) is 3.41. The maximum Gasteiger partial charge on any atom is 0.390 e. The Morgan fingerprint density at radius 3 is 2.43 bits per heavy atom. The van der Waals surface area contributed by atoms with E-state index in [-0.39, 0.29) is 19.8 Å². The second-order valence-electron chi connectivity index (χ2n) is 4.90. The Bertz CT molecular complexity index is 389. The summed E-state index contributed by atoms with van der Waals surface area (Å²) in [4.78, 5) is 25.5. The van der Waals surface area contributed by atoms with E-state index in [0.717, 1.165) is 4.90 Å². The zero-order valence-electron chi connectivity index (χ0n) is 11.9. The molecule has 0 radical (unpaired) electrons. The first-order valence-electron chi connectivity index (χ1n) is 6.56. The number of ether oxygens (including phenoxy) is 1. The number of aliphatic carboxylic acids is 1. The maximum atomic E-state index is 12.2. The van der Waals surface area contributed by atoms with Gasteiger partial charge in [-0.2, -0.15) is 13.2 Å². The molecule has 0 saturated carbocycles. The molecular formula is C12H19F3N2O4. The number of rotatable bonds is 5. The molecule has 1 aliphatic rings. The number of carbonyl (C=O) groups is 2. The lowest BCUT2D eigenvalue weighted by molar-refractivity contribution is -0.142. The van der Waals surface area contributed by atoms with Crippen molar-refractivity contribution in [2.45, 2.75) is 25.6 Å². The van der Waals surface area contributed by atoms with Crippen molar-refractivity contribution < 1.29 is 32.6 Å². The summed E-state index contributed by atoms with van der Waals surface area (Å²) in [6.45, 7) is 1.45. The van der Waals surface area contributed by atoms with Crippen LogP contribution >= 0.6 is 0 Å². The minimum absolute atomic E-state index is 0.00392. The number of likely N-dealkylation sites (N-methyl/N-ethyl adjacent to an activating group) is 1. The third-order valence-corrected chi connectivity index (χ3v) is 3.41. The number of amides is 2. The van der Waals surface area contributed by atoms with E-state index >= 15 is 0 Å². The Labute approximate surface area is 120 Å². The molecule has 2 atom stereocenters. The van der Waals surface area contributed by atoms with Crippen LogP contribution in [0.1, 0.15) is 13.3 Å². The number of carboxylic acids is 1. The summed E-state index contributed by atoms with van der Waals surface area (Å²) in [6, 6.07) is -1.28. The second-order valence-corrected chi connectivity index (χ2v) is 4.90. The SMILES string of the molecule is CCN(C(=O)N(C)CCC(F)(F)F)C1COCC1C(=O)O. The average Bonchev–Trinajstić information content (AvgIpc) is 2.85. The normalized spacial score (nSPS) is 22.1. The number of hydrogen-bond acceptors (Lipinski definition) is 3. The topological polar surface area (TPSA) is 70.1 Å². The molecule has 0 bridgehead atoms. The fourth-order valence-corrected chi connectivity index (χ4v) is 2.21. The number of carboxylic acid groups (broad SMARTS) is 1. The molecule has 2 unspecified atom stereocenters. The molecule has 122 valence electrons. The van der Waals surface area contributed by atoms with E-state index in [1.165, 1.54) is 11.9 Å². The lowest BCUT2D eigenvalue weighted by atomic mass is 10.0. The Balaban J connectivity index is 2.70. The van der Waals surface area contributed by atoms with E-state index in [9.17, 15) is 22.8 Å². The summed E-state index contributed by atoms with van der Waals surface area (Å²) < 4.78 is 41.6. The Hall–Kier alpha value is -1.51. The molecule has 1 N–H and O–H groups in total. The molecule has 21 heavy (non-hydrogen) atoms. The molecule has 0 aromatic rings. The number of hydrogen-bond donors (Lipinski definition) is 1. The molecule has 0 aromatic heterocycles. The highest BCUT2D eigenvalue weighted by Crippen LogP contribution is 2.23. The largest absolute Gasteiger partial charge is 0.481 e. The Kier molecular flexibility index (Phi) is 5.82. The second kappa shape index (κ2) is 6.97. The van der Waals surface area contributed by atoms with Crippen LogP contribution in [0.4, 0.5) is 18.0 Å². The van der Waals surface area contributed by atoms with E-state index in [1.54, 1.807) is 6.92 Å². The van der Waals surface area contributed by atoms with Crippen molar-refractivity contribution in [2.24, 2.45) is 5.92 Å². The van der Waals surface area contributed by atoms with Gasteiger partial charge in [-0.1, -0.05) is 0 Å². The van der Waals surface area contributed by atoms with Crippen molar-refractivity contribution in [2.75, 3.05) is 33.4 Å². The molecule has 2 amide bonds. The van der Waals surface area contributed by atoms with Crippen LogP contribution in [0.3, 0.4) is 0 Å². The van der Waals surface area contributed by atoms with Gasteiger partial charge < -0.3 is 19.6 Å². The standard InChI is InChI=1S/C12H19F3N2O4/c1-3-17(9-7-21-6-8(9)10(18)19)11(20)16(2)5-4-12(13,14)15/h8-9H,3-7H2,1-2H3,(H,18,19). The first kappa shape index (κ1) is 17.5. The van der Waals surface area contributed by atoms with Crippen molar-refractivity contribution >= 4 is 12.0 Å². The summed E-state index contributed by atoms with van der Waals surface area (Å²) in [5.74, 6) is -1.94. The highest BCUT2D eigenvalue weighted by molar-refractivity contribution is 5.77. The number of nitrogens with zero attached hydrogens (tertiary/aromatic N) is 2. The van der Waals surface area contributed by atoms with Gasteiger partial charge in [-0.3, -0.25) is 4.79 Å². The Morgan fingerprint density at radius 1 is 1.33 bits per heavy atom. The molecule has 1 aliphatic heterocycles. The number of urea groups is 1. The molecule has 1 heterocycles. The molecule has 9 heteroatoms. The molecule has 0 spiro atoms. The first-order chi connectivity index (χ1) is 9.67. The monoisotopic (exact) mass is 312 g/mol. The lowest BCUT2D eigenvalue weighted by Gasteiger charge is -2.33. The van der Waals surface area contributed by atoms with E-state index in [2.05, 4.69) is 0 Å². The molecular weight excluding hydrogens is 293 g/mol. The summed E-state index contributed by atoms with van der Waals surface area (Å²) in [7, 11) is 1.27. The minimum Gasteiger partial charge on any atom is -0.481 e. The van der Waals surface area contributed by atoms with E-state index in [0.29, 0.717) is 0 Å². The third kappa shape index (κ3) is 4.76. The molecule has 6 nitrogen and oxygen atoms in total. The molecule has 0 aliphatic carbocycles. The van der Waals surface area contributed by atoms with Gasteiger partial charge in [0.2, 0.25) is 0 Å². The highest BCUT2D eigenvalue weighted by atomic mass is 19.4.